The van der Waals surface area contributed by atoms with Crippen LogP contribution in [0.4, 0.5) is 16.7 Å². The van der Waals surface area contributed by atoms with E-state index < -0.39 is 0 Å². The van der Waals surface area contributed by atoms with E-state index in [1.165, 1.54) is 5.56 Å². The number of hydrogen-bond acceptors (Lipinski definition) is 10. The zero-order valence-corrected chi connectivity index (χ0v) is 22.2. The van der Waals surface area contributed by atoms with Crippen LogP contribution in [0, 0.1) is 5.92 Å². The molecule has 0 radical (unpaired) electrons. The number of benzene rings is 1. The average Bonchev–Trinajstić information content (AvgIpc) is 3.25. The molecule has 2 aromatic heterocycles. The predicted octanol–water partition coefficient (Wildman–Crippen LogP) is 3.33. The standard InChI is InChI=1S/C27H30N8O2S/c1-34(2)25-30-16-21(17-31-25)20-5-3-4-19(12-20)15-28-14-18-7-10-35(11-8-18)26-29-9-6-22(32-26)13-23-24(36)33-27(37)38-23/h3-6,9,12-13,16-18,28H,7-8,10-11,14-15H2,1-2H3,(H,33,36,37)/b23-13-. The fraction of sp³-hybridized carbons (Fsp3) is 0.333. The molecule has 0 saturated carbocycles. The lowest BCUT2D eigenvalue weighted by atomic mass is 9.97. The maximum absolute atomic E-state index is 11.8. The number of hydrogen-bond donors (Lipinski definition) is 2. The highest BCUT2D eigenvalue weighted by Gasteiger charge is 2.25. The molecular formula is C27H30N8O2S. The summed E-state index contributed by atoms with van der Waals surface area (Å²) in [4.78, 5) is 45.5. The fourth-order valence-corrected chi connectivity index (χ4v) is 5.14. The highest BCUT2D eigenvalue weighted by atomic mass is 32.2. The Bertz CT molecular complexity index is 1340. The number of rotatable bonds is 8. The van der Waals surface area contributed by atoms with Gasteiger partial charge in [0.25, 0.3) is 11.1 Å². The van der Waals surface area contributed by atoms with Gasteiger partial charge in [-0.2, -0.15) is 0 Å². The second-order valence-corrected chi connectivity index (χ2v) is 10.6. The quantitative estimate of drug-likeness (QED) is 0.420. The van der Waals surface area contributed by atoms with Crippen molar-refractivity contribution in [1.82, 2.24) is 30.6 Å². The van der Waals surface area contributed by atoms with Gasteiger partial charge in [-0.15, -0.1) is 0 Å². The molecule has 2 aliphatic rings. The molecule has 38 heavy (non-hydrogen) atoms. The van der Waals surface area contributed by atoms with Gasteiger partial charge in [-0.1, -0.05) is 18.2 Å². The van der Waals surface area contributed by atoms with E-state index in [4.69, 9.17) is 0 Å². The zero-order chi connectivity index (χ0) is 26.5. The van der Waals surface area contributed by atoms with E-state index in [0.29, 0.717) is 28.4 Å². The third-order valence-corrected chi connectivity index (χ3v) is 7.35. The maximum Gasteiger partial charge on any atom is 0.290 e. The van der Waals surface area contributed by atoms with Gasteiger partial charge in [0.1, 0.15) is 0 Å². The van der Waals surface area contributed by atoms with Crippen molar-refractivity contribution in [2.24, 2.45) is 5.92 Å². The second kappa shape index (κ2) is 11.7. The van der Waals surface area contributed by atoms with Crippen LogP contribution < -0.4 is 20.4 Å². The van der Waals surface area contributed by atoms with Crippen molar-refractivity contribution in [3.8, 4) is 11.1 Å². The first-order valence-electron chi connectivity index (χ1n) is 12.6. The third-order valence-electron chi connectivity index (χ3n) is 6.54. The Morgan fingerprint density at radius 1 is 1.11 bits per heavy atom. The van der Waals surface area contributed by atoms with Gasteiger partial charge >= 0.3 is 0 Å². The molecule has 0 aliphatic carbocycles. The smallest absolute Gasteiger partial charge is 0.290 e. The molecule has 2 N–H and O–H groups in total. The van der Waals surface area contributed by atoms with Crippen molar-refractivity contribution >= 4 is 40.9 Å². The molecule has 0 unspecified atom stereocenters. The summed E-state index contributed by atoms with van der Waals surface area (Å²) in [6, 6.07) is 10.2. The SMILES string of the molecule is CN(C)c1ncc(-c2cccc(CNCC3CCN(c4nccc(/C=C5\SC(=O)NC5=O)n4)CC3)c2)cn1. The van der Waals surface area contributed by atoms with Gasteiger partial charge in [-0.25, -0.2) is 19.9 Å². The van der Waals surface area contributed by atoms with E-state index in [-0.39, 0.29) is 11.1 Å². The summed E-state index contributed by atoms with van der Waals surface area (Å²) in [5, 5.41) is 5.53. The molecule has 0 spiro atoms. The average molecular weight is 531 g/mol. The number of carbonyl (C=O) groups excluding carboxylic acids is 2. The molecule has 11 heteroatoms. The van der Waals surface area contributed by atoms with E-state index in [1.54, 1.807) is 18.3 Å². The second-order valence-electron chi connectivity index (χ2n) is 9.56. The number of aromatic nitrogens is 4. The first-order chi connectivity index (χ1) is 18.4. The summed E-state index contributed by atoms with van der Waals surface area (Å²) in [6.07, 6.45) is 9.15. The number of imide groups is 1. The first kappa shape index (κ1) is 25.8. The lowest BCUT2D eigenvalue weighted by Crippen LogP contribution is -2.38. The van der Waals surface area contributed by atoms with E-state index in [2.05, 4.69) is 59.7 Å². The van der Waals surface area contributed by atoms with Crippen molar-refractivity contribution in [2.75, 3.05) is 43.5 Å². The van der Waals surface area contributed by atoms with E-state index >= 15 is 0 Å². The molecular weight excluding hydrogens is 500 g/mol. The van der Waals surface area contributed by atoms with Crippen LogP contribution in [0.15, 0.2) is 53.8 Å². The minimum Gasteiger partial charge on any atom is -0.347 e. The molecule has 10 nitrogen and oxygen atoms in total. The fourth-order valence-electron chi connectivity index (χ4n) is 4.47. The lowest BCUT2D eigenvalue weighted by Gasteiger charge is -2.32. The molecule has 2 amide bonds. The summed E-state index contributed by atoms with van der Waals surface area (Å²) in [7, 11) is 3.86. The summed E-state index contributed by atoms with van der Waals surface area (Å²) in [5.74, 6) is 1.55. The lowest BCUT2D eigenvalue weighted by molar-refractivity contribution is -0.115. The number of carbonyl (C=O) groups is 2. The van der Waals surface area contributed by atoms with Crippen LogP contribution >= 0.6 is 11.8 Å². The summed E-state index contributed by atoms with van der Waals surface area (Å²) in [5.41, 5.74) is 3.96. The Kier molecular flexibility index (Phi) is 7.94. The molecule has 4 heterocycles. The topological polar surface area (TPSA) is 116 Å². The Hall–Kier alpha value is -3.83. The van der Waals surface area contributed by atoms with Gasteiger partial charge in [0.15, 0.2) is 0 Å². The summed E-state index contributed by atoms with van der Waals surface area (Å²) in [6.45, 7) is 3.50. The van der Waals surface area contributed by atoms with Crippen molar-refractivity contribution < 1.29 is 9.59 Å². The van der Waals surface area contributed by atoms with Crippen molar-refractivity contribution in [3.05, 3.63) is 65.1 Å². The molecule has 1 aromatic carbocycles. The van der Waals surface area contributed by atoms with E-state index in [0.717, 1.165) is 61.9 Å². The van der Waals surface area contributed by atoms with Gasteiger partial charge < -0.3 is 15.1 Å². The van der Waals surface area contributed by atoms with Crippen molar-refractivity contribution in [2.45, 2.75) is 19.4 Å². The zero-order valence-electron chi connectivity index (χ0n) is 21.4. The van der Waals surface area contributed by atoms with Gasteiger partial charge in [-0.3, -0.25) is 14.9 Å². The van der Waals surface area contributed by atoms with Gasteiger partial charge in [-0.05, 0) is 66.4 Å². The van der Waals surface area contributed by atoms with Crippen LogP contribution in [0.3, 0.4) is 0 Å². The number of nitrogens with one attached hydrogen (secondary N) is 2. The Morgan fingerprint density at radius 3 is 2.61 bits per heavy atom. The highest BCUT2D eigenvalue weighted by molar-refractivity contribution is 8.18. The minimum absolute atomic E-state index is 0.352. The van der Waals surface area contributed by atoms with Crippen LogP contribution in [-0.4, -0.2) is 64.8 Å². The van der Waals surface area contributed by atoms with Crippen LogP contribution in [0.2, 0.25) is 0 Å². The summed E-state index contributed by atoms with van der Waals surface area (Å²) < 4.78 is 0. The minimum atomic E-state index is -0.382. The molecule has 2 saturated heterocycles. The van der Waals surface area contributed by atoms with Crippen LogP contribution in [0.5, 0.6) is 0 Å². The van der Waals surface area contributed by atoms with Crippen LogP contribution in [-0.2, 0) is 11.3 Å². The molecule has 0 atom stereocenters. The van der Waals surface area contributed by atoms with Crippen LogP contribution in [0.1, 0.15) is 24.1 Å². The first-order valence-corrected chi connectivity index (χ1v) is 13.4. The number of nitrogens with zero attached hydrogens (tertiary/aromatic N) is 6. The number of thioether (sulfide) groups is 1. The summed E-state index contributed by atoms with van der Waals surface area (Å²) >= 11 is 0.890. The van der Waals surface area contributed by atoms with Crippen molar-refractivity contribution in [1.29, 1.82) is 0 Å². The van der Waals surface area contributed by atoms with Gasteiger partial charge in [0.2, 0.25) is 11.9 Å². The van der Waals surface area contributed by atoms with Crippen molar-refractivity contribution in [3.63, 3.8) is 0 Å². The number of piperidine rings is 1. The molecule has 0 bridgehead atoms. The molecule has 2 aliphatic heterocycles. The number of amides is 2. The number of anilines is 2. The Morgan fingerprint density at radius 2 is 1.89 bits per heavy atom. The largest absolute Gasteiger partial charge is 0.347 e. The molecule has 5 rings (SSSR count). The van der Waals surface area contributed by atoms with Crippen LogP contribution in [0.25, 0.3) is 17.2 Å². The van der Waals surface area contributed by atoms with E-state index in [1.807, 2.05) is 31.4 Å². The normalized spacial score (nSPS) is 17.2. The Labute approximate surface area is 226 Å². The monoisotopic (exact) mass is 530 g/mol. The molecule has 2 fully saturated rings. The maximum atomic E-state index is 11.8. The van der Waals surface area contributed by atoms with E-state index in [9.17, 15) is 9.59 Å². The van der Waals surface area contributed by atoms with Gasteiger partial charge in [0.05, 0.1) is 10.6 Å². The molecule has 196 valence electrons. The highest BCUT2D eigenvalue weighted by Crippen LogP contribution is 2.26. The van der Waals surface area contributed by atoms with Gasteiger partial charge in [0, 0.05) is 57.9 Å². The molecule has 3 aromatic rings. The third kappa shape index (κ3) is 6.35. The Balaban J connectivity index is 1.10. The predicted molar refractivity (Wildman–Crippen MR) is 150 cm³/mol.